The minimum Gasteiger partial charge on any atom is -0.355 e. The Labute approximate surface area is 115 Å². The first kappa shape index (κ1) is 13.2. The smallest absolute Gasteiger partial charge is 0.239 e. The molecule has 0 spiro atoms. The Hall–Kier alpha value is -1.26. The summed E-state index contributed by atoms with van der Waals surface area (Å²) in [5.41, 5.74) is 1.50. The highest BCUT2D eigenvalue weighted by atomic mass is 35.5. The van der Waals surface area contributed by atoms with Crippen molar-refractivity contribution >= 4 is 40.1 Å². The number of rotatable bonds is 4. The molecule has 1 heterocycles. The zero-order valence-corrected chi connectivity index (χ0v) is 11.4. The van der Waals surface area contributed by atoms with Crippen molar-refractivity contribution in [3.8, 4) is 0 Å². The Morgan fingerprint density at radius 2 is 2.28 bits per heavy atom. The summed E-state index contributed by atoms with van der Waals surface area (Å²) in [4.78, 5) is 16.0. The number of likely N-dealkylation sites (N-methyl/N-ethyl adjacent to an activating group) is 1. The summed E-state index contributed by atoms with van der Waals surface area (Å²) in [7, 11) is 0. The van der Waals surface area contributed by atoms with E-state index in [0.717, 1.165) is 5.52 Å². The number of nitrogens with one attached hydrogen (secondary N) is 1. The van der Waals surface area contributed by atoms with Gasteiger partial charge in [0.15, 0.2) is 0 Å². The zero-order valence-electron chi connectivity index (χ0n) is 9.91. The summed E-state index contributed by atoms with van der Waals surface area (Å²) >= 11 is 11.9. The molecule has 1 N–H and O–H groups in total. The van der Waals surface area contributed by atoms with Crippen LogP contribution in [-0.4, -0.2) is 22.0 Å². The van der Waals surface area contributed by atoms with E-state index < -0.39 is 0 Å². The summed E-state index contributed by atoms with van der Waals surface area (Å²) in [5, 5.41) is 3.31. The normalized spacial score (nSPS) is 10.8. The van der Waals surface area contributed by atoms with Crippen molar-refractivity contribution in [3.05, 3.63) is 29.0 Å². The molecule has 1 aromatic heterocycles. The van der Waals surface area contributed by atoms with Crippen LogP contribution < -0.4 is 5.32 Å². The van der Waals surface area contributed by atoms with Gasteiger partial charge in [0.05, 0.1) is 16.4 Å². The highest BCUT2D eigenvalue weighted by Gasteiger charge is 2.14. The maximum atomic E-state index is 11.7. The second kappa shape index (κ2) is 5.59. The van der Waals surface area contributed by atoms with Gasteiger partial charge in [0.25, 0.3) is 0 Å². The Morgan fingerprint density at radius 1 is 1.50 bits per heavy atom. The summed E-state index contributed by atoms with van der Waals surface area (Å²) < 4.78 is 1.79. The molecule has 0 aliphatic heterocycles. The average Bonchev–Trinajstić information content (AvgIpc) is 2.69. The van der Waals surface area contributed by atoms with Crippen molar-refractivity contribution in [2.75, 3.05) is 6.54 Å². The van der Waals surface area contributed by atoms with Crippen molar-refractivity contribution in [2.45, 2.75) is 19.3 Å². The van der Waals surface area contributed by atoms with Crippen LogP contribution in [0.5, 0.6) is 0 Å². The molecule has 0 saturated heterocycles. The number of para-hydroxylation sites is 1. The van der Waals surface area contributed by atoms with E-state index in [1.54, 1.807) is 10.6 Å². The SMILES string of the molecule is CCNC(=O)Cn1c(CCl)nc2c(Cl)cccc21. The van der Waals surface area contributed by atoms with Crippen molar-refractivity contribution in [2.24, 2.45) is 0 Å². The summed E-state index contributed by atoms with van der Waals surface area (Å²) in [6, 6.07) is 5.48. The van der Waals surface area contributed by atoms with Crippen LogP contribution in [0.3, 0.4) is 0 Å². The van der Waals surface area contributed by atoms with Gasteiger partial charge in [-0.3, -0.25) is 4.79 Å². The average molecular weight is 286 g/mol. The van der Waals surface area contributed by atoms with Crippen LogP contribution in [0, 0.1) is 0 Å². The van der Waals surface area contributed by atoms with E-state index in [9.17, 15) is 4.79 Å². The maximum absolute atomic E-state index is 11.7. The van der Waals surface area contributed by atoms with Crippen LogP contribution >= 0.6 is 23.2 Å². The van der Waals surface area contributed by atoms with Gasteiger partial charge in [-0.2, -0.15) is 0 Å². The van der Waals surface area contributed by atoms with Crippen LogP contribution in [0.1, 0.15) is 12.7 Å². The van der Waals surface area contributed by atoms with E-state index >= 15 is 0 Å². The molecule has 1 aromatic carbocycles. The number of benzene rings is 1. The Balaban J connectivity index is 2.47. The molecule has 0 saturated carbocycles. The molecule has 0 aliphatic carbocycles. The number of halogens is 2. The maximum Gasteiger partial charge on any atom is 0.239 e. The quantitative estimate of drug-likeness (QED) is 0.878. The number of hydrogen-bond acceptors (Lipinski definition) is 2. The van der Waals surface area contributed by atoms with Crippen LogP contribution in [0.15, 0.2) is 18.2 Å². The van der Waals surface area contributed by atoms with E-state index in [4.69, 9.17) is 23.2 Å². The number of hydrogen-bond donors (Lipinski definition) is 1. The number of alkyl halides is 1. The van der Waals surface area contributed by atoms with Gasteiger partial charge >= 0.3 is 0 Å². The summed E-state index contributed by atoms with van der Waals surface area (Å²) in [6.45, 7) is 2.68. The third-order valence-corrected chi connectivity index (χ3v) is 3.15. The second-order valence-corrected chi connectivity index (χ2v) is 4.48. The van der Waals surface area contributed by atoms with Crippen molar-refractivity contribution in [1.82, 2.24) is 14.9 Å². The molecule has 2 aromatic rings. The number of fused-ring (bicyclic) bond motifs is 1. The van der Waals surface area contributed by atoms with Crippen molar-refractivity contribution in [1.29, 1.82) is 0 Å². The van der Waals surface area contributed by atoms with Gasteiger partial charge in [-0.15, -0.1) is 11.6 Å². The third-order valence-electron chi connectivity index (χ3n) is 2.60. The number of carbonyl (C=O) groups excluding carboxylic acids is 1. The van der Waals surface area contributed by atoms with Crippen LogP contribution in [0.2, 0.25) is 5.02 Å². The summed E-state index contributed by atoms with van der Waals surface area (Å²) in [5.74, 6) is 0.818. The van der Waals surface area contributed by atoms with E-state index in [-0.39, 0.29) is 18.3 Å². The third kappa shape index (κ3) is 2.44. The lowest BCUT2D eigenvalue weighted by Gasteiger charge is -2.07. The van der Waals surface area contributed by atoms with Crippen LogP contribution in [0.4, 0.5) is 0 Å². The first-order chi connectivity index (χ1) is 8.67. The van der Waals surface area contributed by atoms with Gasteiger partial charge in [-0.05, 0) is 19.1 Å². The monoisotopic (exact) mass is 285 g/mol. The van der Waals surface area contributed by atoms with Gasteiger partial charge in [-0.1, -0.05) is 17.7 Å². The lowest BCUT2D eigenvalue weighted by Crippen LogP contribution is -2.27. The highest BCUT2D eigenvalue weighted by Crippen LogP contribution is 2.24. The fourth-order valence-electron chi connectivity index (χ4n) is 1.84. The van der Waals surface area contributed by atoms with Crippen molar-refractivity contribution in [3.63, 3.8) is 0 Å². The van der Waals surface area contributed by atoms with Crippen LogP contribution in [0.25, 0.3) is 11.0 Å². The predicted octanol–water partition coefficient (Wildman–Crippen LogP) is 2.56. The minimum absolute atomic E-state index is 0.0665. The number of nitrogens with zero attached hydrogens (tertiary/aromatic N) is 2. The minimum atomic E-state index is -0.0665. The topological polar surface area (TPSA) is 46.9 Å². The van der Waals surface area contributed by atoms with Crippen molar-refractivity contribution < 1.29 is 4.79 Å². The van der Waals surface area contributed by atoms with Crippen LogP contribution in [-0.2, 0) is 17.2 Å². The lowest BCUT2D eigenvalue weighted by molar-refractivity contribution is -0.121. The molecule has 4 nitrogen and oxygen atoms in total. The molecule has 6 heteroatoms. The van der Waals surface area contributed by atoms with Gasteiger partial charge in [0.2, 0.25) is 5.91 Å². The second-order valence-electron chi connectivity index (χ2n) is 3.81. The first-order valence-corrected chi connectivity index (χ1v) is 6.55. The van der Waals surface area contributed by atoms with E-state index in [2.05, 4.69) is 10.3 Å². The van der Waals surface area contributed by atoms with E-state index in [1.807, 2.05) is 19.1 Å². The fraction of sp³-hybridized carbons (Fsp3) is 0.333. The van der Waals surface area contributed by atoms with Gasteiger partial charge in [-0.25, -0.2) is 4.98 Å². The molecule has 0 atom stereocenters. The molecule has 2 rings (SSSR count). The molecule has 96 valence electrons. The Morgan fingerprint density at radius 3 is 2.94 bits per heavy atom. The van der Waals surface area contributed by atoms with Gasteiger partial charge < -0.3 is 9.88 Å². The molecule has 0 fully saturated rings. The van der Waals surface area contributed by atoms with Gasteiger partial charge in [0.1, 0.15) is 17.9 Å². The molecular formula is C12H13Cl2N3O. The lowest BCUT2D eigenvalue weighted by atomic mass is 10.3. The number of carbonyl (C=O) groups is 1. The molecule has 18 heavy (non-hydrogen) atoms. The fourth-order valence-corrected chi connectivity index (χ4v) is 2.25. The Bertz CT molecular complexity index is 580. The molecule has 0 aliphatic rings. The van der Waals surface area contributed by atoms with E-state index in [0.29, 0.717) is 22.9 Å². The molecule has 1 amide bonds. The summed E-state index contributed by atoms with van der Waals surface area (Å²) in [6.07, 6.45) is 0. The molecule has 0 unspecified atom stereocenters. The molecular weight excluding hydrogens is 273 g/mol. The number of amides is 1. The largest absolute Gasteiger partial charge is 0.355 e. The predicted molar refractivity (Wildman–Crippen MR) is 73.0 cm³/mol. The number of imidazole rings is 1. The first-order valence-electron chi connectivity index (χ1n) is 5.63. The van der Waals surface area contributed by atoms with Gasteiger partial charge in [0, 0.05) is 6.54 Å². The highest BCUT2D eigenvalue weighted by molar-refractivity contribution is 6.35. The molecule has 0 radical (unpaired) electrons. The standard InChI is InChI=1S/C12H13Cl2N3O/c1-2-15-11(18)7-17-9-5-3-4-8(14)12(9)16-10(17)6-13/h3-5H,2,6-7H2,1H3,(H,15,18). The molecule has 0 bridgehead atoms. The zero-order chi connectivity index (χ0) is 13.1. The Kier molecular flexibility index (Phi) is 4.09. The van der Waals surface area contributed by atoms with E-state index in [1.165, 1.54) is 0 Å². The number of aromatic nitrogens is 2.